The lowest BCUT2D eigenvalue weighted by molar-refractivity contribution is 0.414. The van der Waals surface area contributed by atoms with Crippen LogP contribution < -0.4 is 10.5 Å². The minimum absolute atomic E-state index is 0.0132. The Bertz CT molecular complexity index is 550. The Morgan fingerprint density at radius 2 is 1.84 bits per heavy atom. The highest BCUT2D eigenvalue weighted by atomic mass is 16.5. The molecule has 0 aliphatic heterocycles. The zero-order valence-corrected chi connectivity index (χ0v) is 12.0. The fourth-order valence-electron chi connectivity index (χ4n) is 1.83. The van der Waals surface area contributed by atoms with Crippen molar-refractivity contribution in [2.75, 3.05) is 12.8 Å². The second-order valence-electron chi connectivity index (χ2n) is 5.71. The number of ether oxygens (including phenoxy) is 1. The predicted octanol–water partition coefficient (Wildman–Crippen LogP) is 2.82. The first-order valence-corrected chi connectivity index (χ1v) is 6.37. The Morgan fingerprint density at radius 1 is 1.21 bits per heavy atom. The van der Waals surface area contributed by atoms with E-state index in [1.807, 2.05) is 35.0 Å². The van der Waals surface area contributed by atoms with Crippen LogP contribution in [0.2, 0.25) is 0 Å². The van der Waals surface area contributed by atoms with E-state index in [0.29, 0.717) is 12.4 Å². The van der Waals surface area contributed by atoms with Crippen molar-refractivity contribution in [2.24, 2.45) is 0 Å². The Labute approximate surface area is 114 Å². The molecule has 0 radical (unpaired) electrons. The first kappa shape index (κ1) is 13.5. The van der Waals surface area contributed by atoms with Gasteiger partial charge in [-0.2, -0.15) is 5.10 Å². The molecule has 0 fully saturated rings. The third kappa shape index (κ3) is 3.08. The highest BCUT2D eigenvalue weighted by Gasteiger charge is 2.18. The van der Waals surface area contributed by atoms with Gasteiger partial charge in [0.15, 0.2) is 0 Å². The van der Waals surface area contributed by atoms with E-state index in [2.05, 4.69) is 25.9 Å². The van der Waals surface area contributed by atoms with E-state index >= 15 is 0 Å². The molecule has 2 N–H and O–H groups in total. The molecule has 1 aromatic carbocycles. The maximum Gasteiger partial charge on any atom is 0.122 e. The van der Waals surface area contributed by atoms with Gasteiger partial charge in [-0.15, -0.1) is 0 Å². The van der Waals surface area contributed by atoms with Gasteiger partial charge in [-0.1, -0.05) is 32.9 Å². The highest BCUT2D eigenvalue weighted by molar-refractivity contribution is 5.35. The topological polar surface area (TPSA) is 53.1 Å². The molecule has 2 rings (SSSR count). The first-order valence-electron chi connectivity index (χ1n) is 6.37. The van der Waals surface area contributed by atoms with Gasteiger partial charge in [-0.05, 0) is 17.7 Å². The van der Waals surface area contributed by atoms with Crippen molar-refractivity contribution in [3.05, 3.63) is 41.6 Å². The van der Waals surface area contributed by atoms with Crippen molar-refractivity contribution in [3.8, 4) is 5.75 Å². The van der Waals surface area contributed by atoms with Crippen molar-refractivity contribution in [2.45, 2.75) is 32.7 Å². The van der Waals surface area contributed by atoms with Gasteiger partial charge in [0.1, 0.15) is 11.6 Å². The van der Waals surface area contributed by atoms with E-state index in [4.69, 9.17) is 10.5 Å². The average Bonchev–Trinajstić information content (AvgIpc) is 2.72. The van der Waals surface area contributed by atoms with Crippen molar-refractivity contribution in [1.82, 2.24) is 9.78 Å². The molecule has 0 amide bonds. The van der Waals surface area contributed by atoms with Crippen LogP contribution >= 0.6 is 0 Å². The second kappa shape index (κ2) is 4.96. The minimum Gasteiger partial charge on any atom is -0.497 e. The Hall–Kier alpha value is -1.97. The second-order valence-corrected chi connectivity index (χ2v) is 5.71. The van der Waals surface area contributed by atoms with Crippen LogP contribution in [0.3, 0.4) is 0 Å². The minimum atomic E-state index is 0.0132. The van der Waals surface area contributed by atoms with Crippen LogP contribution in [0.4, 0.5) is 5.82 Å². The van der Waals surface area contributed by atoms with Gasteiger partial charge in [-0.25, -0.2) is 4.68 Å². The monoisotopic (exact) mass is 259 g/mol. The summed E-state index contributed by atoms with van der Waals surface area (Å²) >= 11 is 0. The lowest BCUT2D eigenvalue weighted by atomic mass is 9.92. The molecule has 1 aromatic heterocycles. The van der Waals surface area contributed by atoms with Gasteiger partial charge >= 0.3 is 0 Å². The number of methoxy groups -OCH3 is 1. The van der Waals surface area contributed by atoms with Gasteiger partial charge in [-0.3, -0.25) is 0 Å². The van der Waals surface area contributed by atoms with Crippen LogP contribution in [-0.4, -0.2) is 16.9 Å². The third-order valence-corrected chi connectivity index (χ3v) is 3.07. The third-order valence-electron chi connectivity index (χ3n) is 3.07. The molecule has 0 aliphatic carbocycles. The van der Waals surface area contributed by atoms with E-state index in [0.717, 1.165) is 17.0 Å². The quantitative estimate of drug-likeness (QED) is 0.922. The summed E-state index contributed by atoms with van der Waals surface area (Å²) in [6, 6.07) is 9.89. The van der Waals surface area contributed by atoms with Gasteiger partial charge in [0.05, 0.1) is 19.3 Å². The summed E-state index contributed by atoms with van der Waals surface area (Å²) in [5.41, 5.74) is 8.19. The van der Waals surface area contributed by atoms with Gasteiger partial charge < -0.3 is 10.5 Å². The van der Waals surface area contributed by atoms with Crippen molar-refractivity contribution in [3.63, 3.8) is 0 Å². The zero-order valence-electron chi connectivity index (χ0n) is 12.0. The smallest absolute Gasteiger partial charge is 0.122 e. The summed E-state index contributed by atoms with van der Waals surface area (Å²) in [4.78, 5) is 0. The number of benzene rings is 1. The van der Waals surface area contributed by atoms with Crippen LogP contribution in [0.25, 0.3) is 0 Å². The molecule has 0 saturated carbocycles. The summed E-state index contributed by atoms with van der Waals surface area (Å²) in [7, 11) is 1.66. The van der Waals surface area contributed by atoms with E-state index in [1.54, 1.807) is 7.11 Å². The molecule has 0 aliphatic rings. The first-order chi connectivity index (χ1) is 8.90. The normalized spacial score (nSPS) is 11.6. The summed E-state index contributed by atoms with van der Waals surface area (Å²) in [5.74, 6) is 1.55. The Kier molecular flexibility index (Phi) is 3.51. The molecule has 0 unspecified atom stereocenters. The van der Waals surface area contributed by atoms with Crippen LogP contribution in [0.1, 0.15) is 32.0 Å². The standard InChI is InChI=1S/C15H21N3O/c1-15(2,3)13-9-14(16)18(17-13)10-11-5-7-12(19-4)8-6-11/h5-9H,10,16H2,1-4H3. The van der Waals surface area contributed by atoms with Crippen LogP contribution in [0, 0.1) is 0 Å². The zero-order chi connectivity index (χ0) is 14.0. The average molecular weight is 259 g/mol. The van der Waals surface area contributed by atoms with Gasteiger partial charge in [0.25, 0.3) is 0 Å². The maximum absolute atomic E-state index is 6.02. The highest BCUT2D eigenvalue weighted by Crippen LogP contribution is 2.23. The fourth-order valence-corrected chi connectivity index (χ4v) is 1.83. The number of hydrogen-bond acceptors (Lipinski definition) is 3. The Morgan fingerprint density at radius 3 is 2.32 bits per heavy atom. The van der Waals surface area contributed by atoms with Crippen molar-refractivity contribution >= 4 is 5.82 Å². The summed E-state index contributed by atoms with van der Waals surface area (Å²) in [5, 5.41) is 4.58. The van der Waals surface area contributed by atoms with Crippen molar-refractivity contribution in [1.29, 1.82) is 0 Å². The molecule has 0 saturated heterocycles. The predicted molar refractivity (Wildman–Crippen MR) is 77.4 cm³/mol. The molecule has 0 bridgehead atoms. The molecule has 0 spiro atoms. The Balaban J connectivity index is 2.20. The molecule has 19 heavy (non-hydrogen) atoms. The number of anilines is 1. The number of nitrogens with two attached hydrogens (primary N) is 1. The fraction of sp³-hybridized carbons (Fsp3) is 0.400. The number of hydrogen-bond donors (Lipinski definition) is 1. The molecule has 0 atom stereocenters. The van der Waals surface area contributed by atoms with Crippen LogP contribution in [-0.2, 0) is 12.0 Å². The number of rotatable bonds is 3. The lowest BCUT2D eigenvalue weighted by Crippen LogP contribution is -2.13. The molecule has 4 heteroatoms. The maximum atomic E-state index is 6.02. The summed E-state index contributed by atoms with van der Waals surface area (Å²) < 4.78 is 6.98. The molecular weight excluding hydrogens is 238 g/mol. The number of aromatic nitrogens is 2. The molecule has 1 heterocycles. The molecule has 4 nitrogen and oxygen atoms in total. The number of nitrogens with zero attached hydrogens (tertiary/aromatic N) is 2. The van der Waals surface area contributed by atoms with Crippen LogP contribution in [0.5, 0.6) is 5.75 Å². The van der Waals surface area contributed by atoms with Gasteiger partial charge in [0.2, 0.25) is 0 Å². The number of nitrogen functional groups attached to an aromatic ring is 1. The van der Waals surface area contributed by atoms with Gasteiger partial charge in [0, 0.05) is 11.5 Å². The van der Waals surface area contributed by atoms with E-state index in [1.165, 1.54) is 0 Å². The largest absolute Gasteiger partial charge is 0.497 e. The van der Waals surface area contributed by atoms with E-state index < -0.39 is 0 Å². The molecule has 102 valence electrons. The van der Waals surface area contributed by atoms with E-state index in [-0.39, 0.29) is 5.41 Å². The van der Waals surface area contributed by atoms with Crippen LogP contribution in [0.15, 0.2) is 30.3 Å². The summed E-state index contributed by atoms with van der Waals surface area (Å²) in [6.45, 7) is 7.07. The lowest BCUT2D eigenvalue weighted by Gasteiger charge is -2.14. The van der Waals surface area contributed by atoms with Crippen molar-refractivity contribution < 1.29 is 4.74 Å². The summed E-state index contributed by atoms with van der Waals surface area (Å²) in [6.07, 6.45) is 0. The SMILES string of the molecule is COc1ccc(Cn2nc(C(C)(C)C)cc2N)cc1. The molecule has 2 aromatic rings. The van der Waals surface area contributed by atoms with E-state index in [9.17, 15) is 0 Å². The molecular formula is C15H21N3O.